The number of hydrogen-bond acceptors (Lipinski definition) is 3. The largest absolute Gasteiger partial charge is 0.481 e. The number of carbonyl (C=O) groups is 1. The second-order valence-corrected chi connectivity index (χ2v) is 5.02. The predicted molar refractivity (Wildman–Crippen MR) is 62.3 cm³/mol. The molecular formula is C12H23NO3. The highest BCUT2D eigenvalue weighted by molar-refractivity contribution is 5.75. The highest BCUT2D eigenvalue weighted by Crippen LogP contribution is 2.34. The van der Waals surface area contributed by atoms with Gasteiger partial charge in [-0.1, -0.05) is 13.3 Å². The molecular weight excluding hydrogens is 206 g/mol. The number of aliphatic hydroxyl groups excluding tert-OH is 1. The van der Waals surface area contributed by atoms with Gasteiger partial charge in [0.2, 0.25) is 0 Å². The van der Waals surface area contributed by atoms with Crippen molar-refractivity contribution in [1.82, 2.24) is 4.90 Å². The molecule has 0 aromatic carbocycles. The summed E-state index contributed by atoms with van der Waals surface area (Å²) in [6.07, 6.45) is 2.94. The van der Waals surface area contributed by atoms with E-state index in [0.717, 1.165) is 32.2 Å². The number of carboxylic acid groups (broad SMARTS) is 1. The van der Waals surface area contributed by atoms with Crippen LogP contribution < -0.4 is 0 Å². The van der Waals surface area contributed by atoms with Gasteiger partial charge in [0.1, 0.15) is 0 Å². The van der Waals surface area contributed by atoms with E-state index in [2.05, 4.69) is 4.90 Å². The number of carboxylic acids is 1. The molecule has 0 saturated carbocycles. The van der Waals surface area contributed by atoms with E-state index in [-0.39, 0.29) is 6.10 Å². The van der Waals surface area contributed by atoms with Gasteiger partial charge < -0.3 is 10.2 Å². The van der Waals surface area contributed by atoms with Crippen LogP contribution in [0.1, 0.15) is 39.5 Å². The van der Waals surface area contributed by atoms with E-state index >= 15 is 0 Å². The summed E-state index contributed by atoms with van der Waals surface area (Å²) in [4.78, 5) is 13.5. The molecule has 1 saturated heterocycles. The summed E-state index contributed by atoms with van der Waals surface area (Å²) < 4.78 is 0. The highest BCUT2D eigenvalue weighted by Gasteiger charge is 2.41. The number of rotatable bonds is 5. The van der Waals surface area contributed by atoms with Crippen molar-refractivity contribution in [3.63, 3.8) is 0 Å². The smallest absolute Gasteiger partial charge is 0.310 e. The number of β-amino-alcohol motifs (C(OH)–C–C–N with tert-alkyl or cyclic N) is 1. The van der Waals surface area contributed by atoms with Crippen molar-refractivity contribution < 1.29 is 15.0 Å². The van der Waals surface area contributed by atoms with E-state index < -0.39 is 11.4 Å². The van der Waals surface area contributed by atoms with Gasteiger partial charge >= 0.3 is 5.97 Å². The lowest BCUT2D eigenvalue weighted by Crippen LogP contribution is -2.49. The van der Waals surface area contributed by atoms with Gasteiger partial charge in [-0.2, -0.15) is 0 Å². The zero-order valence-electron chi connectivity index (χ0n) is 10.3. The molecule has 2 atom stereocenters. The minimum absolute atomic E-state index is 0.383. The Bertz CT molecular complexity index is 238. The Balaban J connectivity index is 2.67. The molecule has 0 aliphatic carbocycles. The van der Waals surface area contributed by atoms with Crippen molar-refractivity contribution in [2.45, 2.75) is 45.6 Å². The number of piperidine rings is 1. The van der Waals surface area contributed by atoms with Crippen molar-refractivity contribution in [2.75, 3.05) is 19.6 Å². The third-order valence-electron chi connectivity index (χ3n) is 3.36. The molecule has 94 valence electrons. The van der Waals surface area contributed by atoms with Crippen molar-refractivity contribution in [3.8, 4) is 0 Å². The van der Waals surface area contributed by atoms with E-state index in [1.165, 1.54) is 0 Å². The standard InChI is InChI=1S/C12H23NO3/c1-3-5-12(11(15)16)6-4-7-13(9-12)8-10(2)14/h10,14H,3-9H2,1-2H3,(H,15,16). The van der Waals surface area contributed by atoms with Crippen LogP contribution in [0.5, 0.6) is 0 Å². The first kappa shape index (κ1) is 13.5. The summed E-state index contributed by atoms with van der Waals surface area (Å²) in [5, 5.41) is 18.7. The van der Waals surface area contributed by atoms with Gasteiger partial charge in [-0.15, -0.1) is 0 Å². The first-order valence-electron chi connectivity index (χ1n) is 6.14. The first-order valence-corrected chi connectivity index (χ1v) is 6.14. The normalized spacial score (nSPS) is 28.9. The number of nitrogens with zero attached hydrogens (tertiary/aromatic N) is 1. The number of aliphatic carboxylic acids is 1. The topological polar surface area (TPSA) is 60.8 Å². The Hall–Kier alpha value is -0.610. The fourth-order valence-corrected chi connectivity index (χ4v) is 2.72. The Morgan fingerprint density at radius 3 is 2.75 bits per heavy atom. The maximum atomic E-state index is 11.4. The summed E-state index contributed by atoms with van der Waals surface area (Å²) in [5.41, 5.74) is -0.581. The lowest BCUT2D eigenvalue weighted by atomic mass is 9.76. The van der Waals surface area contributed by atoms with Gasteiger partial charge in [-0.25, -0.2) is 0 Å². The number of hydrogen-bond donors (Lipinski definition) is 2. The van der Waals surface area contributed by atoms with Gasteiger partial charge in [-0.3, -0.25) is 9.69 Å². The molecule has 1 aliphatic rings. The van der Waals surface area contributed by atoms with Crippen molar-refractivity contribution in [3.05, 3.63) is 0 Å². The average Bonchev–Trinajstić information content (AvgIpc) is 2.17. The molecule has 16 heavy (non-hydrogen) atoms. The average molecular weight is 229 g/mol. The third kappa shape index (κ3) is 3.19. The minimum Gasteiger partial charge on any atom is -0.481 e. The lowest BCUT2D eigenvalue weighted by molar-refractivity contribution is -0.153. The van der Waals surface area contributed by atoms with Gasteiger partial charge in [0, 0.05) is 13.1 Å². The Labute approximate surface area is 97.3 Å². The van der Waals surface area contributed by atoms with Crippen molar-refractivity contribution >= 4 is 5.97 Å². The summed E-state index contributed by atoms with van der Waals surface area (Å²) >= 11 is 0. The van der Waals surface area contributed by atoms with Crippen LogP contribution in [0.15, 0.2) is 0 Å². The van der Waals surface area contributed by atoms with Crippen LogP contribution in [0.25, 0.3) is 0 Å². The molecule has 1 fully saturated rings. The van der Waals surface area contributed by atoms with Crippen LogP contribution in [-0.4, -0.2) is 46.8 Å². The zero-order valence-corrected chi connectivity index (χ0v) is 10.3. The maximum Gasteiger partial charge on any atom is 0.310 e. The van der Waals surface area contributed by atoms with E-state index in [0.29, 0.717) is 13.1 Å². The number of likely N-dealkylation sites (tertiary alicyclic amines) is 1. The van der Waals surface area contributed by atoms with E-state index in [1.54, 1.807) is 6.92 Å². The summed E-state index contributed by atoms with van der Waals surface area (Å²) in [5.74, 6) is -0.676. The molecule has 1 rings (SSSR count). The van der Waals surface area contributed by atoms with E-state index in [9.17, 15) is 15.0 Å². The third-order valence-corrected chi connectivity index (χ3v) is 3.36. The first-order chi connectivity index (χ1) is 7.50. The van der Waals surface area contributed by atoms with Crippen molar-refractivity contribution in [2.24, 2.45) is 5.41 Å². The monoisotopic (exact) mass is 229 g/mol. The molecule has 2 N–H and O–H groups in total. The molecule has 1 aliphatic heterocycles. The second-order valence-electron chi connectivity index (χ2n) is 5.02. The van der Waals surface area contributed by atoms with Crippen molar-refractivity contribution in [1.29, 1.82) is 0 Å². The lowest BCUT2D eigenvalue weighted by Gasteiger charge is -2.40. The predicted octanol–water partition coefficient (Wildman–Crippen LogP) is 1.33. The molecule has 0 spiro atoms. The van der Waals surface area contributed by atoms with Crippen LogP contribution >= 0.6 is 0 Å². The second kappa shape index (κ2) is 5.64. The molecule has 0 radical (unpaired) electrons. The molecule has 0 aromatic rings. The molecule has 0 aromatic heterocycles. The SMILES string of the molecule is CCCC1(C(=O)O)CCCN(CC(C)O)C1. The Morgan fingerprint density at radius 1 is 1.56 bits per heavy atom. The van der Waals surface area contributed by atoms with Gasteiger partial charge in [-0.05, 0) is 32.7 Å². The Kier molecular flexibility index (Phi) is 4.74. The molecule has 0 amide bonds. The fraction of sp³-hybridized carbons (Fsp3) is 0.917. The summed E-state index contributed by atoms with van der Waals surface area (Å²) in [7, 11) is 0. The van der Waals surface area contributed by atoms with E-state index in [4.69, 9.17) is 0 Å². The van der Waals surface area contributed by atoms with E-state index in [1.807, 2.05) is 6.92 Å². The van der Waals surface area contributed by atoms with Gasteiger partial charge in [0.25, 0.3) is 0 Å². The van der Waals surface area contributed by atoms with Gasteiger partial charge in [0.05, 0.1) is 11.5 Å². The molecule has 4 nitrogen and oxygen atoms in total. The molecule has 0 bridgehead atoms. The molecule has 1 heterocycles. The zero-order chi connectivity index (χ0) is 12.2. The molecule has 2 unspecified atom stereocenters. The van der Waals surface area contributed by atoms with Crippen LogP contribution in [0, 0.1) is 5.41 Å². The maximum absolute atomic E-state index is 11.4. The van der Waals surface area contributed by atoms with Crippen LogP contribution in [0.3, 0.4) is 0 Å². The van der Waals surface area contributed by atoms with Gasteiger partial charge in [0.15, 0.2) is 0 Å². The van der Waals surface area contributed by atoms with Crippen LogP contribution in [-0.2, 0) is 4.79 Å². The minimum atomic E-state index is -0.676. The molecule has 4 heteroatoms. The summed E-state index contributed by atoms with van der Waals surface area (Å²) in [6.45, 7) is 5.85. The van der Waals surface area contributed by atoms with Crippen LogP contribution in [0.2, 0.25) is 0 Å². The fourth-order valence-electron chi connectivity index (χ4n) is 2.72. The number of aliphatic hydroxyl groups is 1. The highest BCUT2D eigenvalue weighted by atomic mass is 16.4. The Morgan fingerprint density at radius 2 is 2.25 bits per heavy atom. The summed E-state index contributed by atoms with van der Waals surface area (Å²) in [6, 6.07) is 0. The van der Waals surface area contributed by atoms with Crippen LogP contribution in [0.4, 0.5) is 0 Å². The quantitative estimate of drug-likeness (QED) is 0.746.